The smallest absolute Gasteiger partial charge is 0.550 e. The molecule has 106 valence electrons. The van der Waals surface area contributed by atoms with E-state index in [1.54, 1.807) is 0 Å². The van der Waals surface area contributed by atoms with Crippen molar-refractivity contribution in [2.45, 2.75) is 32.7 Å². The zero-order chi connectivity index (χ0) is 15.3. The number of carboxylic acids is 4. The molecule has 0 aromatic carbocycles. The van der Waals surface area contributed by atoms with Gasteiger partial charge in [-0.05, 0) is 26.7 Å². The first-order valence-corrected chi connectivity index (χ1v) is 4.52. The Kier molecular flexibility index (Phi) is 61.2. The number of nitrogens with two attached hydrogens (primary N) is 1. The van der Waals surface area contributed by atoms with Crippen molar-refractivity contribution in [2.75, 3.05) is 0 Å². The molecule has 13 heteroatoms. The third-order valence-electron chi connectivity index (χ3n) is 0.962. The van der Waals surface area contributed by atoms with Crippen LogP contribution in [0.4, 0.5) is 0 Å². The van der Waals surface area contributed by atoms with Gasteiger partial charge >= 0.3 is 118 Å². The SMILES string of the molecule is CC(=O)[O-].CC(=O)[O-].N[C@@H](CCC(=O)[O-])C(=O)[O-].[Na+].[Na+].[Na+].[Na+]. The van der Waals surface area contributed by atoms with E-state index in [1.807, 2.05) is 0 Å². The summed E-state index contributed by atoms with van der Waals surface area (Å²) in [5.74, 6) is -4.92. The molecule has 0 saturated carbocycles. The molecule has 0 aliphatic heterocycles. The summed E-state index contributed by atoms with van der Waals surface area (Å²) >= 11 is 0. The Labute approximate surface area is 216 Å². The molecule has 22 heavy (non-hydrogen) atoms. The molecule has 2 N–H and O–H groups in total. The van der Waals surface area contributed by atoms with E-state index < -0.39 is 29.9 Å². The molecule has 0 aromatic heterocycles. The second kappa shape index (κ2) is 30.7. The summed E-state index contributed by atoms with van der Waals surface area (Å²) < 4.78 is 0. The van der Waals surface area contributed by atoms with Crippen molar-refractivity contribution in [3.8, 4) is 0 Å². The molecular formula is C9H13NNa4O8. The van der Waals surface area contributed by atoms with E-state index in [2.05, 4.69) is 0 Å². The molecule has 0 aliphatic rings. The standard InChI is InChI=1S/C5H9NO4.2C2H4O2.4Na/c6-3(5(9)10)1-2-4(7)8;2*1-2(3)4;;;;/h3H,1-2,6H2,(H,7,8)(H,9,10);2*1H3,(H,3,4);;;;/q;;;4*+1/p-4/t3-;;;;;;/m0....../s1. The van der Waals surface area contributed by atoms with Crippen molar-refractivity contribution in [3.63, 3.8) is 0 Å². The number of carbonyl (C=O) groups excluding carboxylic acids is 4. The van der Waals surface area contributed by atoms with Crippen molar-refractivity contribution in [1.82, 2.24) is 0 Å². The minimum atomic E-state index is -1.44. The van der Waals surface area contributed by atoms with Crippen LogP contribution in [0.2, 0.25) is 0 Å². The van der Waals surface area contributed by atoms with Crippen LogP contribution in [0.1, 0.15) is 26.7 Å². The van der Waals surface area contributed by atoms with Crippen LogP contribution in [0.25, 0.3) is 0 Å². The van der Waals surface area contributed by atoms with Gasteiger partial charge < -0.3 is 45.3 Å². The van der Waals surface area contributed by atoms with Gasteiger partial charge in [-0.2, -0.15) is 0 Å². The molecule has 0 rings (SSSR count). The van der Waals surface area contributed by atoms with Gasteiger partial charge in [-0.3, -0.25) is 0 Å². The maximum Gasteiger partial charge on any atom is 1.00 e. The number of rotatable bonds is 4. The van der Waals surface area contributed by atoms with Gasteiger partial charge in [-0.15, -0.1) is 0 Å². The van der Waals surface area contributed by atoms with Crippen LogP contribution in [-0.2, 0) is 19.2 Å². The Balaban J connectivity index is -0.0000000325. The second-order valence-corrected chi connectivity index (χ2v) is 2.82. The van der Waals surface area contributed by atoms with Gasteiger partial charge in [0.05, 0.1) is 5.97 Å². The molecule has 0 amide bonds. The molecule has 9 nitrogen and oxygen atoms in total. The van der Waals surface area contributed by atoms with E-state index in [4.69, 9.17) is 25.5 Å². The Morgan fingerprint density at radius 3 is 1.18 bits per heavy atom. The molecule has 0 aromatic rings. The summed E-state index contributed by atoms with van der Waals surface area (Å²) in [6.07, 6.45) is -0.500. The second-order valence-electron chi connectivity index (χ2n) is 2.82. The summed E-state index contributed by atoms with van der Waals surface area (Å²) in [5, 5.41) is 37.4. The number of hydrogen-bond acceptors (Lipinski definition) is 9. The maximum atomic E-state index is 9.86. The topological polar surface area (TPSA) is 187 Å². The largest absolute Gasteiger partial charge is 1.00 e. The van der Waals surface area contributed by atoms with Crippen LogP contribution in [-0.4, -0.2) is 29.9 Å². The molecule has 0 aliphatic carbocycles. The maximum absolute atomic E-state index is 9.86. The molecule has 0 heterocycles. The van der Waals surface area contributed by atoms with E-state index in [0.29, 0.717) is 0 Å². The number of carbonyl (C=O) groups is 4. The van der Waals surface area contributed by atoms with Crippen LogP contribution in [0.3, 0.4) is 0 Å². The van der Waals surface area contributed by atoms with Crippen molar-refractivity contribution in [1.29, 1.82) is 0 Å². The van der Waals surface area contributed by atoms with E-state index in [1.165, 1.54) is 0 Å². The van der Waals surface area contributed by atoms with Crippen LogP contribution < -0.4 is 144 Å². The minimum Gasteiger partial charge on any atom is -0.550 e. The average Bonchev–Trinajstić information content (AvgIpc) is 2.11. The molecule has 0 unspecified atom stereocenters. The van der Waals surface area contributed by atoms with Gasteiger partial charge in [0.2, 0.25) is 0 Å². The molecule has 0 bridgehead atoms. The quantitative estimate of drug-likeness (QED) is 0.478. The normalized spacial score (nSPS) is 7.95. The minimum absolute atomic E-state index is 0. The summed E-state index contributed by atoms with van der Waals surface area (Å²) in [6.45, 7) is 1.94. The monoisotopic (exact) mass is 355 g/mol. The predicted molar refractivity (Wildman–Crippen MR) is 48.6 cm³/mol. The van der Waals surface area contributed by atoms with Crippen LogP contribution in [0.15, 0.2) is 0 Å². The molecular weight excluding hydrogens is 342 g/mol. The zero-order valence-corrected chi connectivity index (χ0v) is 21.8. The fourth-order valence-electron chi connectivity index (χ4n) is 0.391. The Morgan fingerprint density at radius 2 is 1.05 bits per heavy atom. The summed E-state index contributed by atoms with van der Waals surface area (Å²) in [7, 11) is 0. The Morgan fingerprint density at radius 1 is 0.818 bits per heavy atom. The molecule has 0 spiro atoms. The first-order valence-electron chi connectivity index (χ1n) is 4.52. The average molecular weight is 355 g/mol. The van der Waals surface area contributed by atoms with Crippen LogP contribution >= 0.6 is 0 Å². The molecule has 0 saturated heterocycles. The number of hydrogen-bond donors (Lipinski definition) is 1. The first-order chi connectivity index (χ1) is 8.00. The third-order valence-corrected chi connectivity index (χ3v) is 0.962. The zero-order valence-electron chi connectivity index (χ0n) is 13.8. The summed E-state index contributed by atoms with van der Waals surface area (Å²) in [4.78, 5) is 37.4. The van der Waals surface area contributed by atoms with Crippen molar-refractivity contribution >= 4 is 23.9 Å². The van der Waals surface area contributed by atoms with Crippen molar-refractivity contribution < 1.29 is 158 Å². The fraction of sp³-hybridized carbons (Fsp3) is 0.556. The van der Waals surface area contributed by atoms with E-state index >= 15 is 0 Å². The molecule has 0 fully saturated rings. The predicted octanol–water partition coefficient (Wildman–Crippen LogP) is -17.9. The number of aliphatic carboxylic acids is 4. The van der Waals surface area contributed by atoms with E-state index in [-0.39, 0.29) is 131 Å². The van der Waals surface area contributed by atoms with Crippen LogP contribution in [0.5, 0.6) is 0 Å². The van der Waals surface area contributed by atoms with E-state index in [9.17, 15) is 19.8 Å². The fourth-order valence-corrected chi connectivity index (χ4v) is 0.391. The van der Waals surface area contributed by atoms with Gasteiger partial charge in [0, 0.05) is 23.9 Å². The van der Waals surface area contributed by atoms with Crippen LogP contribution in [0, 0.1) is 0 Å². The van der Waals surface area contributed by atoms with Gasteiger partial charge in [0.1, 0.15) is 0 Å². The Bertz CT molecular complexity index is 283. The number of carboxylic acid groups (broad SMARTS) is 4. The molecule has 0 radical (unpaired) electrons. The van der Waals surface area contributed by atoms with Gasteiger partial charge in [0.25, 0.3) is 0 Å². The summed E-state index contributed by atoms with van der Waals surface area (Å²) in [5.41, 5.74) is 4.91. The first kappa shape index (κ1) is 43.9. The van der Waals surface area contributed by atoms with Gasteiger partial charge in [-0.25, -0.2) is 0 Å². The Hall–Kier alpha value is 1.84. The van der Waals surface area contributed by atoms with Gasteiger partial charge in [-0.1, -0.05) is 0 Å². The molecule has 1 atom stereocenters. The summed E-state index contributed by atoms with van der Waals surface area (Å²) in [6, 6.07) is -1.21. The van der Waals surface area contributed by atoms with Crippen molar-refractivity contribution in [3.05, 3.63) is 0 Å². The van der Waals surface area contributed by atoms with Gasteiger partial charge in [0.15, 0.2) is 0 Å². The van der Waals surface area contributed by atoms with E-state index in [0.717, 1.165) is 13.8 Å². The third kappa shape index (κ3) is 80.7. The van der Waals surface area contributed by atoms with Crippen molar-refractivity contribution in [2.24, 2.45) is 5.73 Å².